The van der Waals surface area contributed by atoms with Gasteiger partial charge >= 0.3 is 6.03 Å². The molecule has 0 bridgehead atoms. The van der Waals surface area contributed by atoms with Crippen molar-refractivity contribution in [3.63, 3.8) is 0 Å². The molecule has 8 heteroatoms. The molecule has 2 aliphatic heterocycles. The Morgan fingerprint density at radius 1 is 1.50 bits per heavy atom. The van der Waals surface area contributed by atoms with E-state index in [-0.39, 0.29) is 18.5 Å². The maximum Gasteiger partial charge on any atom is 0.344 e. The molecule has 2 N–H and O–H groups in total. The molecule has 0 spiro atoms. The van der Waals surface area contributed by atoms with Crippen molar-refractivity contribution in [3.05, 3.63) is 22.4 Å². The van der Waals surface area contributed by atoms with Gasteiger partial charge in [-0.2, -0.15) is 5.01 Å². The van der Waals surface area contributed by atoms with Crippen LogP contribution in [0.3, 0.4) is 0 Å². The summed E-state index contributed by atoms with van der Waals surface area (Å²) in [5.74, 6) is -0.762. The molecule has 24 heavy (non-hydrogen) atoms. The van der Waals surface area contributed by atoms with Crippen LogP contribution in [-0.2, 0) is 9.59 Å². The summed E-state index contributed by atoms with van der Waals surface area (Å²) in [4.78, 5) is 39.9. The number of carbonyl (C=O) groups excluding carboxylic acids is 3. The van der Waals surface area contributed by atoms with Crippen LogP contribution >= 0.6 is 11.3 Å². The maximum atomic E-state index is 12.3. The van der Waals surface area contributed by atoms with Gasteiger partial charge in [0.1, 0.15) is 5.54 Å². The third kappa shape index (κ3) is 3.03. The topological polar surface area (TPSA) is 81.8 Å². The Labute approximate surface area is 145 Å². The summed E-state index contributed by atoms with van der Waals surface area (Å²) in [6.07, 6.45) is 2.52. The van der Waals surface area contributed by atoms with Gasteiger partial charge in [-0.25, -0.2) is 4.79 Å². The van der Waals surface area contributed by atoms with Crippen LogP contribution in [0.2, 0.25) is 0 Å². The number of hydrogen-bond acceptors (Lipinski definition) is 5. The standard InChI is InChI=1S/C16H22N4O3S/c1-3-16(2)14(22)20(15(23)17-16)18-13(21)10-19-8-4-6-11(19)12-7-5-9-24-12/h5,7,9,11H,3-4,6,8,10H2,1-2H3,(H,17,23)(H,18,21). The molecule has 0 aromatic carbocycles. The summed E-state index contributed by atoms with van der Waals surface area (Å²) in [5, 5.41) is 5.46. The van der Waals surface area contributed by atoms with E-state index in [4.69, 9.17) is 0 Å². The molecule has 0 saturated carbocycles. The number of amides is 4. The Morgan fingerprint density at radius 2 is 2.29 bits per heavy atom. The number of carbonyl (C=O) groups is 3. The first-order valence-corrected chi connectivity index (χ1v) is 9.06. The van der Waals surface area contributed by atoms with Gasteiger partial charge in [0.2, 0.25) is 0 Å². The number of urea groups is 1. The molecule has 3 rings (SSSR count). The number of hydrazine groups is 1. The molecular weight excluding hydrogens is 328 g/mol. The van der Waals surface area contributed by atoms with Crippen LogP contribution in [0.5, 0.6) is 0 Å². The molecule has 2 atom stereocenters. The number of hydrogen-bond donors (Lipinski definition) is 2. The molecular formula is C16H22N4O3S. The largest absolute Gasteiger partial charge is 0.344 e. The highest BCUT2D eigenvalue weighted by molar-refractivity contribution is 7.10. The van der Waals surface area contributed by atoms with Crippen molar-refractivity contribution in [2.24, 2.45) is 0 Å². The van der Waals surface area contributed by atoms with Gasteiger partial charge in [0.25, 0.3) is 11.8 Å². The number of imide groups is 1. The first-order valence-electron chi connectivity index (χ1n) is 8.18. The average Bonchev–Trinajstić information content (AvgIpc) is 3.25. The van der Waals surface area contributed by atoms with Crippen molar-refractivity contribution in [2.45, 2.75) is 44.7 Å². The van der Waals surface area contributed by atoms with E-state index in [0.29, 0.717) is 6.42 Å². The van der Waals surface area contributed by atoms with E-state index in [0.717, 1.165) is 24.4 Å². The van der Waals surface area contributed by atoms with Crippen molar-refractivity contribution in [1.82, 2.24) is 20.7 Å². The molecule has 1 aromatic heterocycles. The van der Waals surface area contributed by atoms with Crippen molar-refractivity contribution in [3.8, 4) is 0 Å². The van der Waals surface area contributed by atoms with Crippen molar-refractivity contribution in [2.75, 3.05) is 13.1 Å². The van der Waals surface area contributed by atoms with Crippen LogP contribution in [-0.4, -0.2) is 46.4 Å². The monoisotopic (exact) mass is 350 g/mol. The van der Waals surface area contributed by atoms with Crippen molar-refractivity contribution >= 4 is 29.2 Å². The Morgan fingerprint density at radius 3 is 2.92 bits per heavy atom. The van der Waals surface area contributed by atoms with E-state index < -0.39 is 17.5 Å². The van der Waals surface area contributed by atoms with E-state index in [1.54, 1.807) is 18.3 Å². The fourth-order valence-electron chi connectivity index (χ4n) is 3.19. The maximum absolute atomic E-state index is 12.3. The van der Waals surface area contributed by atoms with E-state index in [2.05, 4.69) is 21.7 Å². The summed E-state index contributed by atoms with van der Waals surface area (Å²) < 4.78 is 0. The number of thiophene rings is 1. The molecule has 2 saturated heterocycles. The van der Waals surface area contributed by atoms with Gasteiger partial charge < -0.3 is 5.32 Å². The van der Waals surface area contributed by atoms with Crippen LogP contribution in [0.1, 0.15) is 44.0 Å². The Bertz CT molecular complexity index is 648. The van der Waals surface area contributed by atoms with Gasteiger partial charge in [-0.1, -0.05) is 13.0 Å². The molecule has 2 fully saturated rings. The lowest BCUT2D eigenvalue weighted by Gasteiger charge is -2.24. The lowest BCUT2D eigenvalue weighted by molar-refractivity contribution is -0.139. The third-order valence-corrected chi connectivity index (χ3v) is 5.76. The fourth-order valence-corrected chi connectivity index (χ4v) is 4.08. The van der Waals surface area contributed by atoms with E-state index in [1.165, 1.54) is 4.88 Å². The SMILES string of the molecule is CCC1(C)NC(=O)N(NC(=O)CN2CCCC2c2cccs2)C1=O. The van der Waals surface area contributed by atoms with E-state index >= 15 is 0 Å². The van der Waals surface area contributed by atoms with Gasteiger partial charge in [-0.3, -0.25) is 19.9 Å². The number of likely N-dealkylation sites (tertiary alicyclic amines) is 1. The van der Waals surface area contributed by atoms with Crippen LogP contribution in [0.4, 0.5) is 4.79 Å². The summed E-state index contributed by atoms with van der Waals surface area (Å²) in [5.41, 5.74) is 1.51. The minimum atomic E-state index is -0.947. The van der Waals surface area contributed by atoms with Gasteiger partial charge in [0, 0.05) is 10.9 Å². The van der Waals surface area contributed by atoms with Crippen molar-refractivity contribution in [1.29, 1.82) is 0 Å². The highest BCUT2D eigenvalue weighted by atomic mass is 32.1. The summed E-state index contributed by atoms with van der Waals surface area (Å²) >= 11 is 1.69. The lowest BCUT2D eigenvalue weighted by atomic mass is 10.00. The first-order chi connectivity index (χ1) is 11.4. The molecule has 130 valence electrons. The zero-order valence-corrected chi connectivity index (χ0v) is 14.7. The van der Waals surface area contributed by atoms with Gasteiger partial charge in [-0.15, -0.1) is 11.3 Å². The second-order valence-electron chi connectivity index (χ2n) is 6.44. The number of nitrogens with one attached hydrogen (secondary N) is 2. The Hall–Kier alpha value is -1.93. The molecule has 1 aromatic rings. The highest BCUT2D eigenvalue weighted by Crippen LogP contribution is 2.34. The van der Waals surface area contributed by atoms with Crippen LogP contribution in [0.25, 0.3) is 0 Å². The zero-order chi connectivity index (χ0) is 17.3. The molecule has 2 unspecified atom stereocenters. The molecule has 3 heterocycles. The predicted octanol–water partition coefficient (Wildman–Crippen LogP) is 1.64. The second-order valence-corrected chi connectivity index (χ2v) is 7.41. The highest BCUT2D eigenvalue weighted by Gasteiger charge is 2.47. The smallest absolute Gasteiger partial charge is 0.322 e. The summed E-state index contributed by atoms with van der Waals surface area (Å²) in [6, 6.07) is 3.75. The van der Waals surface area contributed by atoms with Crippen LogP contribution < -0.4 is 10.7 Å². The molecule has 2 aliphatic rings. The van der Waals surface area contributed by atoms with Gasteiger partial charge in [0.15, 0.2) is 0 Å². The third-order valence-electron chi connectivity index (χ3n) is 4.79. The fraction of sp³-hybridized carbons (Fsp3) is 0.562. The number of nitrogens with zero attached hydrogens (tertiary/aromatic N) is 2. The number of rotatable bonds is 5. The second kappa shape index (κ2) is 6.52. The molecule has 0 aliphatic carbocycles. The zero-order valence-electron chi connectivity index (χ0n) is 13.9. The summed E-state index contributed by atoms with van der Waals surface area (Å²) in [6.45, 7) is 4.48. The predicted molar refractivity (Wildman–Crippen MR) is 90.1 cm³/mol. The normalized spacial score (nSPS) is 27.6. The van der Waals surface area contributed by atoms with E-state index in [9.17, 15) is 14.4 Å². The quantitative estimate of drug-likeness (QED) is 0.791. The minimum Gasteiger partial charge on any atom is -0.322 e. The van der Waals surface area contributed by atoms with Crippen LogP contribution in [0, 0.1) is 0 Å². The molecule has 0 radical (unpaired) electrons. The molecule has 4 amide bonds. The first kappa shape index (κ1) is 16.9. The lowest BCUT2D eigenvalue weighted by Crippen LogP contribution is -2.51. The Balaban J connectivity index is 1.62. The van der Waals surface area contributed by atoms with Gasteiger partial charge in [-0.05, 0) is 44.2 Å². The average molecular weight is 350 g/mol. The minimum absolute atomic E-state index is 0.169. The van der Waals surface area contributed by atoms with Gasteiger partial charge in [0.05, 0.1) is 6.54 Å². The van der Waals surface area contributed by atoms with Crippen LogP contribution in [0.15, 0.2) is 17.5 Å². The van der Waals surface area contributed by atoms with Crippen molar-refractivity contribution < 1.29 is 14.4 Å². The van der Waals surface area contributed by atoms with E-state index in [1.807, 2.05) is 18.4 Å². The Kier molecular flexibility index (Phi) is 4.60. The molecule has 7 nitrogen and oxygen atoms in total. The summed E-state index contributed by atoms with van der Waals surface area (Å²) in [7, 11) is 0.